The number of nitrogens with zero attached hydrogens (tertiary/aromatic N) is 2. The normalized spacial score (nSPS) is 17.6. The number of amides is 1. The van der Waals surface area contributed by atoms with Gasteiger partial charge >= 0.3 is 0 Å². The summed E-state index contributed by atoms with van der Waals surface area (Å²) in [6.07, 6.45) is 6.50. The molecule has 2 fully saturated rings. The predicted molar refractivity (Wildman–Crippen MR) is 161 cm³/mol. The van der Waals surface area contributed by atoms with Crippen LogP contribution in [0.1, 0.15) is 66.4 Å². The van der Waals surface area contributed by atoms with Gasteiger partial charge in [-0.3, -0.25) is 4.79 Å². The second-order valence-electron chi connectivity index (χ2n) is 11.4. The zero-order chi connectivity index (χ0) is 28.3. The molecule has 1 unspecified atom stereocenters. The highest BCUT2D eigenvalue weighted by Crippen LogP contribution is 2.34. The number of hydrogen-bond acceptors (Lipinski definition) is 6. The van der Waals surface area contributed by atoms with Crippen molar-refractivity contribution in [2.45, 2.75) is 63.7 Å². The largest absolute Gasteiger partial charge is 0.464 e. The Balaban J connectivity index is 1.30. The van der Waals surface area contributed by atoms with Gasteiger partial charge < -0.3 is 19.5 Å². The quantitative estimate of drug-likeness (QED) is 0.398. The number of benzene rings is 2. The lowest BCUT2D eigenvalue weighted by Crippen LogP contribution is -2.39. The Hall–Kier alpha value is -3.26. The van der Waals surface area contributed by atoms with Crippen molar-refractivity contribution >= 4 is 27.1 Å². The van der Waals surface area contributed by atoms with Crippen molar-refractivity contribution in [2.24, 2.45) is 0 Å². The summed E-state index contributed by atoms with van der Waals surface area (Å²) in [5.74, 6) is 1.49. The molecule has 40 heavy (non-hydrogen) atoms. The molecule has 2 aliphatic heterocycles. The standard InChI is InChI=1S/C32H41N3O4S/c1-23-7-13-28(29(21-23)35-17-5-4-6-18-35)32(30-14-8-24(2)39-30)33-31(36)22-25-9-11-26(12-10-25)34-19-15-27(16-20-34)40(3,37)38/h7-14,21,27,32H,4-6,15-20,22H2,1-3H3,(H,33,36). The van der Waals surface area contributed by atoms with Gasteiger partial charge in [-0.1, -0.05) is 24.3 Å². The SMILES string of the molecule is Cc1ccc(C(NC(=O)Cc2ccc(N3CCC(S(C)(=O)=O)CC3)cc2)c2ccc(C)o2)c(N2CCCCC2)c1. The van der Waals surface area contributed by atoms with Crippen molar-refractivity contribution in [3.63, 3.8) is 0 Å². The molecule has 3 aromatic rings. The fourth-order valence-corrected chi connectivity index (χ4v) is 7.05. The summed E-state index contributed by atoms with van der Waals surface area (Å²) >= 11 is 0. The van der Waals surface area contributed by atoms with E-state index in [-0.39, 0.29) is 23.6 Å². The molecule has 5 rings (SSSR count). The lowest BCUT2D eigenvalue weighted by atomic mass is 9.97. The Bertz CT molecular complexity index is 1420. The van der Waals surface area contributed by atoms with Crippen LogP contribution < -0.4 is 15.1 Å². The van der Waals surface area contributed by atoms with Crippen molar-refractivity contribution in [3.05, 3.63) is 82.8 Å². The van der Waals surface area contributed by atoms with E-state index in [0.29, 0.717) is 12.8 Å². The molecule has 2 aromatic carbocycles. The minimum Gasteiger partial charge on any atom is -0.464 e. The van der Waals surface area contributed by atoms with E-state index in [9.17, 15) is 13.2 Å². The van der Waals surface area contributed by atoms with Crippen LogP contribution in [0, 0.1) is 13.8 Å². The van der Waals surface area contributed by atoms with E-state index in [1.54, 1.807) is 0 Å². The molecule has 0 radical (unpaired) electrons. The van der Waals surface area contributed by atoms with Crippen LogP contribution in [0.3, 0.4) is 0 Å². The predicted octanol–water partition coefficient (Wildman–Crippen LogP) is 5.35. The Morgan fingerprint density at radius 1 is 0.925 bits per heavy atom. The van der Waals surface area contributed by atoms with Crippen LogP contribution in [0.15, 0.2) is 59.0 Å². The van der Waals surface area contributed by atoms with Gasteiger partial charge in [0.1, 0.15) is 27.4 Å². The number of carbonyl (C=O) groups is 1. The first-order valence-corrected chi connectivity index (χ1v) is 16.4. The second kappa shape index (κ2) is 12.1. The summed E-state index contributed by atoms with van der Waals surface area (Å²) in [6.45, 7) is 7.52. The van der Waals surface area contributed by atoms with Crippen LogP contribution in [-0.4, -0.2) is 52.0 Å². The van der Waals surface area contributed by atoms with E-state index in [4.69, 9.17) is 4.42 Å². The van der Waals surface area contributed by atoms with Gasteiger partial charge in [0.2, 0.25) is 5.91 Å². The summed E-state index contributed by atoms with van der Waals surface area (Å²) in [5.41, 5.74) is 5.42. The van der Waals surface area contributed by atoms with Crippen molar-refractivity contribution in [3.8, 4) is 0 Å². The number of nitrogens with one attached hydrogen (secondary N) is 1. The summed E-state index contributed by atoms with van der Waals surface area (Å²) in [6, 6.07) is 18.0. The Morgan fingerprint density at radius 2 is 1.62 bits per heavy atom. The minimum atomic E-state index is -2.99. The molecular formula is C32H41N3O4S. The van der Waals surface area contributed by atoms with E-state index in [1.165, 1.54) is 36.8 Å². The summed E-state index contributed by atoms with van der Waals surface area (Å²) in [5, 5.41) is 3.03. The van der Waals surface area contributed by atoms with Gasteiger partial charge in [-0.2, -0.15) is 0 Å². The van der Waals surface area contributed by atoms with Gasteiger partial charge in [0.15, 0.2) is 0 Å². The van der Waals surface area contributed by atoms with Crippen LogP contribution in [0.25, 0.3) is 0 Å². The van der Waals surface area contributed by atoms with Gasteiger partial charge in [-0.25, -0.2) is 8.42 Å². The van der Waals surface area contributed by atoms with E-state index in [1.807, 2.05) is 43.3 Å². The Labute approximate surface area is 238 Å². The highest BCUT2D eigenvalue weighted by atomic mass is 32.2. The molecule has 214 valence electrons. The number of rotatable bonds is 8. The maximum Gasteiger partial charge on any atom is 0.225 e. The number of carbonyl (C=O) groups excluding carboxylic acids is 1. The molecule has 0 aliphatic carbocycles. The molecule has 8 heteroatoms. The third-order valence-electron chi connectivity index (χ3n) is 8.26. The van der Waals surface area contributed by atoms with Gasteiger partial charge in [-0.15, -0.1) is 0 Å². The fourth-order valence-electron chi connectivity index (χ4n) is 5.98. The molecule has 3 heterocycles. The average molecular weight is 564 g/mol. The summed E-state index contributed by atoms with van der Waals surface area (Å²) in [4.78, 5) is 18.1. The third-order valence-corrected chi connectivity index (χ3v) is 9.94. The molecule has 1 N–H and O–H groups in total. The van der Waals surface area contributed by atoms with Crippen LogP contribution in [0.5, 0.6) is 0 Å². The maximum absolute atomic E-state index is 13.4. The minimum absolute atomic E-state index is 0.0639. The molecule has 0 spiro atoms. The van der Waals surface area contributed by atoms with Crippen LogP contribution in [0.4, 0.5) is 11.4 Å². The molecular weight excluding hydrogens is 522 g/mol. The van der Waals surface area contributed by atoms with Gasteiger partial charge in [0, 0.05) is 49.4 Å². The Morgan fingerprint density at radius 3 is 2.25 bits per heavy atom. The first-order valence-electron chi connectivity index (χ1n) is 14.4. The number of piperidine rings is 2. The topological polar surface area (TPSA) is 82.9 Å². The van der Waals surface area contributed by atoms with E-state index in [0.717, 1.165) is 54.5 Å². The number of hydrogen-bond donors (Lipinski definition) is 1. The molecule has 2 saturated heterocycles. The summed E-state index contributed by atoms with van der Waals surface area (Å²) in [7, 11) is -2.99. The molecule has 7 nitrogen and oxygen atoms in total. The molecule has 1 atom stereocenters. The van der Waals surface area contributed by atoms with Crippen molar-refractivity contribution in [1.82, 2.24) is 5.32 Å². The average Bonchev–Trinajstić information content (AvgIpc) is 3.38. The number of aryl methyl sites for hydroxylation is 2. The number of anilines is 2. The van der Waals surface area contributed by atoms with Gasteiger partial charge in [0.05, 0.1) is 11.7 Å². The van der Waals surface area contributed by atoms with Crippen LogP contribution in [0.2, 0.25) is 0 Å². The highest BCUT2D eigenvalue weighted by Gasteiger charge is 2.28. The maximum atomic E-state index is 13.4. The molecule has 0 bridgehead atoms. The Kier molecular flexibility index (Phi) is 8.54. The lowest BCUT2D eigenvalue weighted by Gasteiger charge is -2.33. The number of furan rings is 1. The smallest absolute Gasteiger partial charge is 0.225 e. The van der Waals surface area contributed by atoms with Crippen molar-refractivity contribution in [1.29, 1.82) is 0 Å². The van der Waals surface area contributed by atoms with E-state index >= 15 is 0 Å². The fraction of sp³-hybridized carbons (Fsp3) is 0.469. The van der Waals surface area contributed by atoms with Crippen molar-refractivity contribution in [2.75, 3.05) is 42.2 Å². The first kappa shape index (κ1) is 28.3. The lowest BCUT2D eigenvalue weighted by molar-refractivity contribution is -0.121. The molecule has 1 aromatic heterocycles. The van der Waals surface area contributed by atoms with Gasteiger partial charge in [0.25, 0.3) is 0 Å². The molecule has 2 aliphatic rings. The second-order valence-corrected chi connectivity index (χ2v) is 13.7. The van der Waals surface area contributed by atoms with E-state index < -0.39 is 9.84 Å². The highest BCUT2D eigenvalue weighted by molar-refractivity contribution is 7.91. The van der Waals surface area contributed by atoms with Crippen LogP contribution in [-0.2, 0) is 21.1 Å². The van der Waals surface area contributed by atoms with Crippen molar-refractivity contribution < 1.29 is 17.6 Å². The molecule has 0 saturated carbocycles. The monoisotopic (exact) mass is 563 g/mol. The van der Waals surface area contributed by atoms with Gasteiger partial charge in [-0.05, 0) is 87.4 Å². The summed E-state index contributed by atoms with van der Waals surface area (Å²) < 4.78 is 29.8. The zero-order valence-corrected chi connectivity index (χ0v) is 24.7. The number of sulfone groups is 1. The van der Waals surface area contributed by atoms with E-state index in [2.05, 4.69) is 40.2 Å². The molecule has 1 amide bonds. The third kappa shape index (κ3) is 6.72. The first-order chi connectivity index (χ1) is 19.2. The zero-order valence-electron chi connectivity index (χ0n) is 23.9. The van der Waals surface area contributed by atoms with Crippen LogP contribution >= 0.6 is 0 Å².